The van der Waals surface area contributed by atoms with Crippen molar-refractivity contribution in [3.8, 4) is 0 Å². The zero-order chi connectivity index (χ0) is 15.1. The van der Waals surface area contributed by atoms with Crippen molar-refractivity contribution in [2.75, 3.05) is 12.8 Å². The first-order chi connectivity index (χ1) is 10.0. The molecule has 0 bridgehead atoms. The van der Waals surface area contributed by atoms with Crippen LogP contribution in [0.25, 0.3) is 11.0 Å². The van der Waals surface area contributed by atoms with Crippen molar-refractivity contribution in [1.82, 2.24) is 14.5 Å². The van der Waals surface area contributed by atoms with Crippen molar-refractivity contribution in [3.63, 3.8) is 0 Å². The van der Waals surface area contributed by atoms with E-state index in [0.29, 0.717) is 17.5 Å². The highest BCUT2D eigenvalue weighted by molar-refractivity contribution is 5.84. The Bertz CT molecular complexity index is 700. The minimum absolute atomic E-state index is 0.0790. The maximum absolute atomic E-state index is 13.5. The van der Waals surface area contributed by atoms with Gasteiger partial charge in [-0.3, -0.25) is 4.79 Å². The molecule has 112 valence electrons. The van der Waals surface area contributed by atoms with E-state index in [1.807, 2.05) is 11.5 Å². The lowest BCUT2D eigenvalue weighted by Crippen LogP contribution is -2.18. The Morgan fingerprint density at radius 1 is 1.52 bits per heavy atom. The van der Waals surface area contributed by atoms with Crippen molar-refractivity contribution < 1.29 is 13.9 Å². The number of hydrogen-bond donors (Lipinski definition) is 1. The van der Waals surface area contributed by atoms with Gasteiger partial charge in [0.25, 0.3) is 0 Å². The molecule has 0 aliphatic heterocycles. The number of hydrogen-bond acceptors (Lipinski definition) is 5. The predicted octanol–water partition coefficient (Wildman–Crippen LogP) is 1.91. The molecular weight excluding hydrogens is 275 g/mol. The minimum atomic E-state index is -0.627. The van der Waals surface area contributed by atoms with Crippen LogP contribution in [-0.4, -0.2) is 27.6 Å². The van der Waals surface area contributed by atoms with E-state index < -0.39 is 5.95 Å². The number of imidazole rings is 1. The van der Waals surface area contributed by atoms with Crippen LogP contribution in [0, 0.1) is 17.8 Å². The number of rotatable bonds is 2. The molecule has 6 nitrogen and oxygen atoms in total. The van der Waals surface area contributed by atoms with E-state index in [0.717, 1.165) is 6.42 Å². The van der Waals surface area contributed by atoms with Crippen LogP contribution in [-0.2, 0) is 9.53 Å². The van der Waals surface area contributed by atoms with Gasteiger partial charge in [0.1, 0.15) is 5.52 Å². The van der Waals surface area contributed by atoms with E-state index in [-0.39, 0.29) is 29.7 Å². The van der Waals surface area contributed by atoms with Crippen LogP contribution in [0.15, 0.2) is 12.4 Å². The summed E-state index contributed by atoms with van der Waals surface area (Å²) in [7, 11) is 1.40. The lowest BCUT2D eigenvalue weighted by atomic mass is 9.99. The van der Waals surface area contributed by atoms with E-state index in [2.05, 4.69) is 9.97 Å². The SMILES string of the molecule is COC(=O)[C@H]1C[C@H](n2cnc3c(N)nc(F)cc32)C[C@@H]1C. The molecule has 0 radical (unpaired) electrons. The number of pyridine rings is 1. The van der Waals surface area contributed by atoms with Crippen LogP contribution in [0.3, 0.4) is 0 Å². The van der Waals surface area contributed by atoms with Crippen molar-refractivity contribution in [2.24, 2.45) is 11.8 Å². The summed E-state index contributed by atoms with van der Waals surface area (Å²) < 4.78 is 20.2. The number of fused-ring (bicyclic) bond motifs is 1. The minimum Gasteiger partial charge on any atom is -0.469 e. The maximum atomic E-state index is 13.5. The van der Waals surface area contributed by atoms with E-state index in [4.69, 9.17) is 10.5 Å². The van der Waals surface area contributed by atoms with Crippen LogP contribution in [0.4, 0.5) is 10.2 Å². The molecule has 0 unspecified atom stereocenters. The van der Waals surface area contributed by atoms with Crippen LogP contribution in [0.1, 0.15) is 25.8 Å². The Hall–Kier alpha value is -2.18. The molecule has 1 fully saturated rings. The number of carbonyl (C=O) groups excluding carboxylic acids is 1. The van der Waals surface area contributed by atoms with Crippen LogP contribution in [0.2, 0.25) is 0 Å². The third-order valence-corrected chi connectivity index (χ3v) is 4.31. The molecule has 21 heavy (non-hydrogen) atoms. The molecule has 0 spiro atoms. The fourth-order valence-electron chi connectivity index (χ4n) is 3.24. The van der Waals surface area contributed by atoms with E-state index in [1.165, 1.54) is 13.2 Å². The fraction of sp³-hybridized carbons (Fsp3) is 0.500. The largest absolute Gasteiger partial charge is 0.469 e. The van der Waals surface area contributed by atoms with Crippen LogP contribution < -0.4 is 5.73 Å². The second-order valence-electron chi connectivity index (χ2n) is 5.58. The molecular formula is C14H17FN4O2. The number of nitrogen functional groups attached to an aromatic ring is 1. The lowest BCUT2D eigenvalue weighted by molar-refractivity contribution is -0.146. The highest BCUT2D eigenvalue weighted by atomic mass is 19.1. The molecule has 0 aromatic carbocycles. The Balaban J connectivity index is 1.97. The van der Waals surface area contributed by atoms with Gasteiger partial charge in [-0.1, -0.05) is 6.92 Å². The van der Waals surface area contributed by atoms with Crippen molar-refractivity contribution in [1.29, 1.82) is 0 Å². The Morgan fingerprint density at radius 3 is 3.00 bits per heavy atom. The Labute approximate surface area is 121 Å². The van der Waals surface area contributed by atoms with Crippen molar-refractivity contribution >= 4 is 22.8 Å². The third-order valence-electron chi connectivity index (χ3n) is 4.31. The number of halogens is 1. The normalized spacial score (nSPS) is 25.4. The highest BCUT2D eigenvalue weighted by Crippen LogP contribution is 2.41. The second kappa shape index (κ2) is 4.98. The van der Waals surface area contributed by atoms with Crippen LogP contribution in [0.5, 0.6) is 0 Å². The third kappa shape index (κ3) is 2.22. The summed E-state index contributed by atoms with van der Waals surface area (Å²) in [5.74, 6) is -0.663. The molecule has 3 atom stereocenters. The summed E-state index contributed by atoms with van der Waals surface area (Å²) in [6.07, 6.45) is 3.11. The van der Waals surface area contributed by atoms with E-state index >= 15 is 0 Å². The van der Waals surface area contributed by atoms with Gasteiger partial charge in [0.05, 0.1) is 24.9 Å². The van der Waals surface area contributed by atoms with E-state index in [1.54, 1.807) is 6.33 Å². The summed E-state index contributed by atoms with van der Waals surface area (Å²) in [6, 6.07) is 1.41. The number of esters is 1. The zero-order valence-electron chi connectivity index (χ0n) is 11.9. The summed E-state index contributed by atoms with van der Waals surface area (Å²) in [5, 5.41) is 0. The molecule has 0 amide bonds. The number of aromatic nitrogens is 3. The first-order valence-corrected chi connectivity index (χ1v) is 6.87. The van der Waals surface area contributed by atoms with Gasteiger partial charge in [-0.05, 0) is 18.8 Å². The molecule has 1 aliphatic rings. The molecule has 0 saturated heterocycles. The average Bonchev–Trinajstić information content (AvgIpc) is 3.01. The number of anilines is 1. The molecule has 7 heteroatoms. The molecule has 2 aromatic rings. The summed E-state index contributed by atoms with van der Waals surface area (Å²) in [6.45, 7) is 2.03. The zero-order valence-corrected chi connectivity index (χ0v) is 11.9. The number of nitrogens with two attached hydrogens (primary N) is 1. The number of carbonyl (C=O) groups is 1. The molecule has 1 saturated carbocycles. The smallest absolute Gasteiger partial charge is 0.309 e. The molecule has 1 aliphatic carbocycles. The molecule has 2 heterocycles. The van der Waals surface area contributed by atoms with Crippen molar-refractivity contribution in [2.45, 2.75) is 25.8 Å². The first-order valence-electron chi connectivity index (χ1n) is 6.87. The van der Waals surface area contributed by atoms with Gasteiger partial charge in [0.15, 0.2) is 5.82 Å². The second-order valence-corrected chi connectivity index (χ2v) is 5.58. The monoisotopic (exact) mass is 292 g/mol. The lowest BCUT2D eigenvalue weighted by Gasteiger charge is -2.13. The number of methoxy groups -OCH3 is 1. The van der Waals surface area contributed by atoms with Gasteiger partial charge >= 0.3 is 5.97 Å². The maximum Gasteiger partial charge on any atom is 0.309 e. The van der Waals surface area contributed by atoms with Gasteiger partial charge in [-0.25, -0.2) is 9.97 Å². The van der Waals surface area contributed by atoms with Crippen molar-refractivity contribution in [3.05, 3.63) is 18.3 Å². The quantitative estimate of drug-likeness (QED) is 0.675. The predicted molar refractivity (Wildman–Crippen MR) is 74.8 cm³/mol. The molecule has 2 aromatic heterocycles. The highest BCUT2D eigenvalue weighted by Gasteiger charge is 2.38. The molecule has 3 rings (SSSR count). The van der Waals surface area contributed by atoms with Gasteiger partial charge in [-0.15, -0.1) is 0 Å². The van der Waals surface area contributed by atoms with E-state index in [9.17, 15) is 9.18 Å². The van der Waals surface area contributed by atoms with Crippen LogP contribution >= 0.6 is 0 Å². The standard InChI is InChI=1S/C14H17FN4O2/c1-7-3-8(4-9(7)14(20)21-2)19-6-17-12-10(19)5-11(15)18-13(12)16/h5-9H,3-4H2,1-2H3,(H2,16,18)/t7-,8+,9-/m0/s1. The van der Waals surface area contributed by atoms with Gasteiger partial charge < -0.3 is 15.0 Å². The topological polar surface area (TPSA) is 83.0 Å². The fourth-order valence-corrected chi connectivity index (χ4v) is 3.24. The first kappa shape index (κ1) is 13.8. The molecule has 2 N–H and O–H groups in total. The van der Waals surface area contributed by atoms with Gasteiger partial charge in [0.2, 0.25) is 5.95 Å². The Kier molecular flexibility index (Phi) is 3.27. The van der Waals surface area contributed by atoms with Gasteiger partial charge in [0, 0.05) is 12.1 Å². The summed E-state index contributed by atoms with van der Waals surface area (Å²) in [5.41, 5.74) is 6.80. The number of ether oxygens (including phenoxy) is 1. The summed E-state index contributed by atoms with van der Waals surface area (Å²) in [4.78, 5) is 19.6. The van der Waals surface area contributed by atoms with Gasteiger partial charge in [-0.2, -0.15) is 4.39 Å². The average molecular weight is 292 g/mol. The summed E-state index contributed by atoms with van der Waals surface area (Å²) >= 11 is 0. The number of nitrogens with zero attached hydrogens (tertiary/aromatic N) is 3. The Morgan fingerprint density at radius 2 is 2.29 bits per heavy atom.